The van der Waals surface area contributed by atoms with Gasteiger partial charge in [0, 0.05) is 25.6 Å². The second kappa shape index (κ2) is 8.24. The van der Waals surface area contributed by atoms with Gasteiger partial charge in [-0.25, -0.2) is 9.67 Å². The molecule has 1 fully saturated rings. The standard InChI is InChI=1S/C15H27N5O2/c1-3-22-9-8-20-15(11-4-6-12(16)7-5-11)18-13(19-20)10-14(21)17-2/h11-12H,3-10,16H2,1-2H3,(H,17,21). The Hall–Kier alpha value is -1.47. The van der Waals surface area contributed by atoms with Gasteiger partial charge in [0.05, 0.1) is 19.6 Å². The van der Waals surface area contributed by atoms with Gasteiger partial charge in [0.15, 0.2) is 5.82 Å². The van der Waals surface area contributed by atoms with Crippen LogP contribution in [-0.2, 0) is 22.5 Å². The SMILES string of the molecule is CCOCCn1nc(CC(=O)NC)nc1C1CCC(N)CC1. The van der Waals surface area contributed by atoms with Crippen molar-refractivity contribution in [1.29, 1.82) is 0 Å². The van der Waals surface area contributed by atoms with E-state index in [9.17, 15) is 4.79 Å². The van der Waals surface area contributed by atoms with Crippen molar-refractivity contribution in [3.63, 3.8) is 0 Å². The number of nitrogens with one attached hydrogen (secondary N) is 1. The Balaban J connectivity index is 2.11. The number of rotatable bonds is 7. The Morgan fingerprint density at radius 3 is 2.77 bits per heavy atom. The Morgan fingerprint density at radius 1 is 1.41 bits per heavy atom. The van der Waals surface area contributed by atoms with E-state index in [4.69, 9.17) is 10.5 Å². The monoisotopic (exact) mass is 309 g/mol. The molecule has 0 saturated heterocycles. The van der Waals surface area contributed by atoms with Crippen LogP contribution in [0.1, 0.15) is 50.2 Å². The topological polar surface area (TPSA) is 95.1 Å². The molecular weight excluding hydrogens is 282 g/mol. The van der Waals surface area contributed by atoms with Crippen molar-refractivity contribution in [2.24, 2.45) is 5.73 Å². The number of carbonyl (C=O) groups excluding carboxylic acids is 1. The minimum Gasteiger partial charge on any atom is -0.380 e. The van der Waals surface area contributed by atoms with Gasteiger partial charge in [0.25, 0.3) is 0 Å². The van der Waals surface area contributed by atoms with Gasteiger partial charge in [-0.3, -0.25) is 4.79 Å². The van der Waals surface area contributed by atoms with Crippen LogP contribution in [0, 0.1) is 0 Å². The predicted molar refractivity (Wildman–Crippen MR) is 83.5 cm³/mol. The lowest BCUT2D eigenvalue weighted by Gasteiger charge is -2.25. The summed E-state index contributed by atoms with van der Waals surface area (Å²) in [4.78, 5) is 16.2. The molecule has 0 radical (unpaired) electrons. The fourth-order valence-electron chi connectivity index (χ4n) is 2.85. The van der Waals surface area contributed by atoms with Crippen molar-refractivity contribution >= 4 is 5.91 Å². The van der Waals surface area contributed by atoms with Crippen molar-refractivity contribution in [3.05, 3.63) is 11.6 Å². The predicted octanol–water partition coefficient (Wildman–Crippen LogP) is 0.588. The van der Waals surface area contributed by atoms with Crippen molar-refractivity contribution in [2.45, 2.75) is 57.5 Å². The van der Waals surface area contributed by atoms with Crippen LogP contribution < -0.4 is 11.1 Å². The summed E-state index contributed by atoms with van der Waals surface area (Å²) in [5, 5.41) is 7.11. The first-order valence-electron chi connectivity index (χ1n) is 8.11. The number of ether oxygens (including phenoxy) is 1. The molecule has 3 N–H and O–H groups in total. The average molecular weight is 309 g/mol. The summed E-state index contributed by atoms with van der Waals surface area (Å²) < 4.78 is 7.33. The molecule has 1 aliphatic carbocycles. The second-order valence-corrected chi connectivity index (χ2v) is 5.77. The number of amides is 1. The van der Waals surface area contributed by atoms with E-state index in [-0.39, 0.29) is 12.3 Å². The van der Waals surface area contributed by atoms with Crippen molar-refractivity contribution < 1.29 is 9.53 Å². The van der Waals surface area contributed by atoms with E-state index in [2.05, 4.69) is 15.4 Å². The molecule has 1 saturated carbocycles. The van der Waals surface area contributed by atoms with Crippen LogP contribution in [0.25, 0.3) is 0 Å². The largest absolute Gasteiger partial charge is 0.380 e. The highest BCUT2D eigenvalue weighted by molar-refractivity contribution is 5.77. The highest BCUT2D eigenvalue weighted by Crippen LogP contribution is 2.31. The quantitative estimate of drug-likeness (QED) is 0.719. The summed E-state index contributed by atoms with van der Waals surface area (Å²) >= 11 is 0. The minimum atomic E-state index is -0.0702. The van der Waals surface area contributed by atoms with Gasteiger partial charge in [-0.2, -0.15) is 5.10 Å². The van der Waals surface area contributed by atoms with Gasteiger partial charge in [0.1, 0.15) is 5.82 Å². The normalized spacial score (nSPS) is 21.8. The zero-order valence-corrected chi connectivity index (χ0v) is 13.5. The molecule has 1 heterocycles. The summed E-state index contributed by atoms with van der Waals surface area (Å²) in [6.07, 6.45) is 4.33. The fraction of sp³-hybridized carbons (Fsp3) is 0.800. The van der Waals surface area contributed by atoms with Crippen molar-refractivity contribution in [3.8, 4) is 0 Å². The van der Waals surface area contributed by atoms with E-state index in [1.807, 2.05) is 11.6 Å². The molecule has 0 atom stereocenters. The molecule has 0 spiro atoms. The van der Waals surface area contributed by atoms with E-state index in [1.54, 1.807) is 7.05 Å². The van der Waals surface area contributed by atoms with Gasteiger partial charge in [-0.05, 0) is 32.6 Å². The summed E-state index contributed by atoms with van der Waals surface area (Å²) in [5.74, 6) is 1.87. The third kappa shape index (κ3) is 4.51. The third-order valence-corrected chi connectivity index (χ3v) is 4.13. The van der Waals surface area contributed by atoms with Crippen LogP contribution in [-0.4, -0.2) is 47.0 Å². The first-order valence-corrected chi connectivity index (χ1v) is 8.11. The van der Waals surface area contributed by atoms with Gasteiger partial charge in [0.2, 0.25) is 5.91 Å². The summed E-state index contributed by atoms with van der Waals surface area (Å²) in [6.45, 7) is 3.94. The van der Waals surface area contributed by atoms with E-state index in [1.165, 1.54) is 0 Å². The van der Waals surface area contributed by atoms with Crippen LogP contribution in [0.5, 0.6) is 0 Å². The van der Waals surface area contributed by atoms with E-state index in [0.717, 1.165) is 31.5 Å². The Labute approximate surface area is 131 Å². The van der Waals surface area contributed by atoms with Crippen LogP contribution in [0.3, 0.4) is 0 Å². The van der Waals surface area contributed by atoms with Crippen LogP contribution in [0.15, 0.2) is 0 Å². The zero-order chi connectivity index (χ0) is 15.9. The van der Waals surface area contributed by atoms with Crippen molar-refractivity contribution in [2.75, 3.05) is 20.3 Å². The first-order chi connectivity index (χ1) is 10.6. The molecule has 1 aromatic rings. The average Bonchev–Trinajstić information content (AvgIpc) is 2.91. The summed E-state index contributed by atoms with van der Waals surface area (Å²) in [7, 11) is 1.62. The molecule has 1 amide bonds. The molecule has 7 heteroatoms. The third-order valence-electron chi connectivity index (χ3n) is 4.13. The number of carbonyl (C=O) groups is 1. The molecule has 1 aliphatic rings. The minimum absolute atomic E-state index is 0.0702. The van der Waals surface area contributed by atoms with Crippen LogP contribution in [0.4, 0.5) is 0 Å². The Morgan fingerprint density at radius 2 is 2.14 bits per heavy atom. The zero-order valence-electron chi connectivity index (χ0n) is 13.5. The molecule has 2 rings (SSSR count). The molecule has 0 aromatic carbocycles. The number of aromatic nitrogens is 3. The van der Waals surface area contributed by atoms with E-state index < -0.39 is 0 Å². The second-order valence-electron chi connectivity index (χ2n) is 5.77. The molecule has 0 aliphatic heterocycles. The van der Waals surface area contributed by atoms with Gasteiger partial charge >= 0.3 is 0 Å². The van der Waals surface area contributed by atoms with E-state index in [0.29, 0.717) is 37.5 Å². The highest BCUT2D eigenvalue weighted by Gasteiger charge is 2.25. The molecule has 0 unspecified atom stereocenters. The Bertz CT molecular complexity index is 480. The maximum Gasteiger partial charge on any atom is 0.227 e. The lowest BCUT2D eigenvalue weighted by molar-refractivity contribution is -0.120. The number of nitrogens with zero attached hydrogens (tertiary/aromatic N) is 3. The van der Waals surface area contributed by atoms with Gasteiger partial charge in [-0.1, -0.05) is 0 Å². The van der Waals surface area contributed by atoms with E-state index >= 15 is 0 Å². The maximum absolute atomic E-state index is 11.5. The number of hydrogen-bond donors (Lipinski definition) is 2. The molecular formula is C15H27N5O2. The lowest BCUT2D eigenvalue weighted by Crippen LogP contribution is -2.27. The Kier molecular flexibility index (Phi) is 6.33. The molecule has 1 aromatic heterocycles. The molecule has 124 valence electrons. The molecule has 7 nitrogen and oxygen atoms in total. The number of likely N-dealkylation sites (N-methyl/N-ethyl adjacent to an activating group) is 1. The summed E-state index contributed by atoms with van der Waals surface area (Å²) in [6, 6.07) is 0.307. The van der Waals surface area contributed by atoms with Gasteiger partial charge < -0.3 is 15.8 Å². The van der Waals surface area contributed by atoms with Crippen LogP contribution >= 0.6 is 0 Å². The number of hydrogen-bond acceptors (Lipinski definition) is 5. The molecule has 0 bridgehead atoms. The fourth-order valence-corrected chi connectivity index (χ4v) is 2.85. The maximum atomic E-state index is 11.5. The molecule has 22 heavy (non-hydrogen) atoms. The smallest absolute Gasteiger partial charge is 0.227 e. The van der Waals surface area contributed by atoms with Crippen LogP contribution in [0.2, 0.25) is 0 Å². The first kappa shape index (κ1) is 16.9. The highest BCUT2D eigenvalue weighted by atomic mass is 16.5. The van der Waals surface area contributed by atoms with Gasteiger partial charge in [-0.15, -0.1) is 0 Å². The number of nitrogens with two attached hydrogens (primary N) is 1. The lowest BCUT2D eigenvalue weighted by atomic mass is 9.86. The summed E-state index contributed by atoms with van der Waals surface area (Å²) in [5.41, 5.74) is 5.98. The van der Waals surface area contributed by atoms with Crippen molar-refractivity contribution in [1.82, 2.24) is 20.1 Å².